The van der Waals surface area contributed by atoms with Crippen LogP contribution in [-0.2, 0) is 10.0 Å². The molecule has 0 aliphatic heterocycles. The van der Waals surface area contributed by atoms with E-state index < -0.39 is 21.7 Å². The quantitative estimate of drug-likeness (QED) is 0.536. The molecule has 9 heteroatoms. The molecule has 0 aliphatic carbocycles. The fourth-order valence-corrected chi connectivity index (χ4v) is 4.37. The van der Waals surface area contributed by atoms with Gasteiger partial charge in [-0.3, -0.25) is 9.52 Å². The van der Waals surface area contributed by atoms with E-state index >= 15 is 0 Å². The van der Waals surface area contributed by atoms with E-state index in [1.54, 1.807) is 6.92 Å². The largest absolute Gasteiger partial charge is 0.322 e. The van der Waals surface area contributed by atoms with Crippen molar-refractivity contribution >= 4 is 50.5 Å². The van der Waals surface area contributed by atoms with Crippen molar-refractivity contribution in [1.82, 2.24) is 0 Å². The summed E-state index contributed by atoms with van der Waals surface area (Å²) in [7, 11) is -3.96. The lowest BCUT2D eigenvalue weighted by Gasteiger charge is -2.11. The van der Waals surface area contributed by atoms with Crippen LogP contribution >= 0.6 is 23.2 Å². The van der Waals surface area contributed by atoms with Crippen molar-refractivity contribution < 1.29 is 17.6 Å². The van der Waals surface area contributed by atoms with Gasteiger partial charge in [0.15, 0.2) is 0 Å². The number of halogens is 3. The Kier molecular flexibility index (Phi) is 6.12. The molecular formula is C20H15Cl2FN2O3S. The van der Waals surface area contributed by atoms with E-state index in [4.69, 9.17) is 23.2 Å². The zero-order valence-electron chi connectivity index (χ0n) is 15.0. The first kappa shape index (κ1) is 21.1. The van der Waals surface area contributed by atoms with E-state index in [2.05, 4.69) is 10.0 Å². The molecule has 0 bridgehead atoms. The molecule has 0 unspecified atom stereocenters. The highest BCUT2D eigenvalue weighted by Crippen LogP contribution is 2.27. The summed E-state index contributed by atoms with van der Waals surface area (Å²) in [5.74, 6) is -0.802. The van der Waals surface area contributed by atoms with E-state index in [1.165, 1.54) is 60.7 Å². The van der Waals surface area contributed by atoms with Gasteiger partial charge in [-0.15, -0.1) is 0 Å². The van der Waals surface area contributed by atoms with Crippen molar-refractivity contribution in [3.05, 3.63) is 87.7 Å². The van der Waals surface area contributed by atoms with Gasteiger partial charge < -0.3 is 5.32 Å². The number of aryl methyl sites for hydroxylation is 1. The van der Waals surface area contributed by atoms with E-state index in [-0.39, 0.29) is 20.6 Å². The molecule has 0 spiro atoms. The molecule has 0 saturated heterocycles. The van der Waals surface area contributed by atoms with Crippen molar-refractivity contribution in [2.24, 2.45) is 0 Å². The van der Waals surface area contributed by atoms with Crippen molar-refractivity contribution in [1.29, 1.82) is 0 Å². The van der Waals surface area contributed by atoms with Gasteiger partial charge in [0.2, 0.25) is 0 Å². The lowest BCUT2D eigenvalue weighted by molar-refractivity contribution is 0.102. The van der Waals surface area contributed by atoms with Crippen LogP contribution in [0.1, 0.15) is 15.9 Å². The molecule has 0 atom stereocenters. The Balaban J connectivity index is 1.76. The van der Waals surface area contributed by atoms with Gasteiger partial charge in [-0.2, -0.15) is 0 Å². The van der Waals surface area contributed by atoms with E-state index in [1.807, 2.05) is 0 Å². The van der Waals surface area contributed by atoms with Crippen molar-refractivity contribution in [3.8, 4) is 0 Å². The SMILES string of the molecule is Cc1cc(F)ccc1NC(=O)c1ccc(NS(=O)(=O)c2cc(Cl)ccc2Cl)cc1. The van der Waals surface area contributed by atoms with E-state index in [0.717, 1.165) is 0 Å². The third-order valence-corrected chi connectivity index (χ3v) is 6.12. The average molecular weight is 453 g/mol. The number of amides is 1. The Hall–Kier alpha value is -2.61. The van der Waals surface area contributed by atoms with Crippen LogP contribution in [0.5, 0.6) is 0 Å². The van der Waals surface area contributed by atoms with Crippen LogP contribution < -0.4 is 10.0 Å². The van der Waals surface area contributed by atoms with Crippen molar-refractivity contribution in [2.75, 3.05) is 10.0 Å². The molecular weight excluding hydrogens is 438 g/mol. The summed E-state index contributed by atoms with van der Waals surface area (Å²) in [5, 5.41) is 2.95. The predicted octanol–water partition coefficient (Wildman–Crippen LogP) is 5.49. The average Bonchev–Trinajstić information content (AvgIpc) is 2.66. The molecule has 3 rings (SSSR count). The van der Waals surface area contributed by atoms with Gasteiger partial charge in [-0.1, -0.05) is 23.2 Å². The minimum Gasteiger partial charge on any atom is -0.322 e. The van der Waals surface area contributed by atoms with Crippen molar-refractivity contribution in [3.63, 3.8) is 0 Å². The topological polar surface area (TPSA) is 75.3 Å². The predicted molar refractivity (Wildman–Crippen MR) is 113 cm³/mol. The Morgan fingerprint density at radius 2 is 1.66 bits per heavy atom. The molecule has 2 N–H and O–H groups in total. The Bertz CT molecular complexity index is 1180. The molecule has 0 aromatic heterocycles. The third-order valence-electron chi connectivity index (χ3n) is 4.02. The maximum Gasteiger partial charge on any atom is 0.263 e. The van der Waals surface area contributed by atoms with Crippen LogP contribution in [0.3, 0.4) is 0 Å². The van der Waals surface area contributed by atoms with Crippen LogP contribution in [0.25, 0.3) is 0 Å². The summed E-state index contributed by atoms with van der Waals surface area (Å²) in [6.45, 7) is 1.68. The third kappa shape index (κ3) is 5.06. The van der Waals surface area contributed by atoms with Crippen LogP contribution in [0.15, 0.2) is 65.6 Å². The molecule has 0 heterocycles. The van der Waals surface area contributed by atoms with Crippen LogP contribution in [-0.4, -0.2) is 14.3 Å². The number of hydrogen-bond donors (Lipinski definition) is 2. The summed E-state index contributed by atoms with van der Waals surface area (Å²) in [4.78, 5) is 12.2. The zero-order valence-corrected chi connectivity index (χ0v) is 17.4. The monoisotopic (exact) mass is 452 g/mol. The van der Waals surface area contributed by atoms with E-state index in [0.29, 0.717) is 16.8 Å². The molecule has 5 nitrogen and oxygen atoms in total. The second-order valence-corrected chi connectivity index (χ2v) is 8.67. The normalized spacial score (nSPS) is 11.2. The summed E-state index contributed by atoms with van der Waals surface area (Å²) in [5.41, 5.74) is 1.62. The second-order valence-electron chi connectivity index (χ2n) is 6.17. The summed E-state index contributed by atoms with van der Waals surface area (Å²) >= 11 is 11.8. The number of carbonyl (C=O) groups is 1. The van der Waals surface area contributed by atoms with Gasteiger partial charge in [0.1, 0.15) is 10.7 Å². The summed E-state index contributed by atoms with van der Waals surface area (Å²) < 4.78 is 40.6. The fraction of sp³-hybridized carbons (Fsp3) is 0.0500. The number of carbonyl (C=O) groups excluding carboxylic acids is 1. The molecule has 0 aliphatic rings. The number of sulfonamides is 1. The first-order chi connectivity index (χ1) is 13.7. The Labute approximate surface area is 177 Å². The van der Waals surface area contributed by atoms with Crippen LogP contribution in [0.2, 0.25) is 10.0 Å². The number of nitrogens with one attached hydrogen (secondary N) is 2. The molecule has 0 radical (unpaired) electrons. The summed E-state index contributed by atoms with van der Waals surface area (Å²) in [6.07, 6.45) is 0. The van der Waals surface area contributed by atoms with Gasteiger partial charge in [-0.05, 0) is 73.2 Å². The molecule has 3 aromatic rings. The maximum atomic E-state index is 13.2. The minimum absolute atomic E-state index is 0.0348. The highest BCUT2D eigenvalue weighted by Gasteiger charge is 2.19. The number of benzene rings is 3. The van der Waals surface area contributed by atoms with Crippen LogP contribution in [0, 0.1) is 12.7 Å². The number of hydrogen-bond acceptors (Lipinski definition) is 3. The first-order valence-electron chi connectivity index (χ1n) is 8.31. The Morgan fingerprint density at radius 1 is 0.966 bits per heavy atom. The molecule has 0 saturated carbocycles. The van der Waals surface area contributed by atoms with Gasteiger partial charge in [-0.25, -0.2) is 12.8 Å². The second kappa shape index (κ2) is 8.41. The van der Waals surface area contributed by atoms with Gasteiger partial charge in [0.05, 0.1) is 5.02 Å². The molecule has 150 valence electrons. The van der Waals surface area contributed by atoms with Gasteiger partial charge >= 0.3 is 0 Å². The standard InChI is InChI=1S/C20H15Cl2FN2O3S/c1-12-10-15(23)5-9-18(12)24-20(26)13-2-6-16(7-3-13)25-29(27,28)19-11-14(21)4-8-17(19)22/h2-11,25H,1H3,(H,24,26). The minimum atomic E-state index is -3.96. The maximum absolute atomic E-state index is 13.2. The zero-order chi connectivity index (χ0) is 21.2. The molecule has 29 heavy (non-hydrogen) atoms. The van der Waals surface area contributed by atoms with Gasteiger partial charge in [0.25, 0.3) is 15.9 Å². The number of anilines is 2. The highest BCUT2D eigenvalue weighted by atomic mass is 35.5. The summed E-state index contributed by atoms with van der Waals surface area (Å²) in [6, 6.07) is 14.0. The first-order valence-corrected chi connectivity index (χ1v) is 10.5. The van der Waals surface area contributed by atoms with Gasteiger partial charge in [0, 0.05) is 22.0 Å². The van der Waals surface area contributed by atoms with E-state index in [9.17, 15) is 17.6 Å². The molecule has 3 aromatic carbocycles. The highest BCUT2D eigenvalue weighted by molar-refractivity contribution is 7.92. The van der Waals surface area contributed by atoms with Crippen molar-refractivity contribution in [2.45, 2.75) is 11.8 Å². The fourth-order valence-electron chi connectivity index (χ4n) is 2.54. The smallest absolute Gasteiger partial charge is 0.263 e. The molecule has 0 fully saturated rings. The lowest BCUT2D eigenvalue weighted by atomic mass is 10.1. The van der Waals surface area contributed by atoms with Crippen LogP contribution in [0.4, 0.5) is 15.8 Å². The lowest BCUT2D eigenvalue weighted by Crippen LogP contribution is -2.15. The molecule has 1 amide bonds. The Morgan fingerprint density at radius 3 is 2.31 bits per heavy atom. The number of rotatable bonds is 5.